The Hall–Kier alpha value is -2.27. The van der Waals surface area contributed by atoms with E-state index in [2.05, 4.69) is 73.6 Å². The maximum absolute atomic E-state index is 10.1. The van der Waals surface area contributed by atoms with Gasteiger partial charge in [0.15, 0.2) is 0 Å². The number of fused-ring (bicyclic) bond motifs is 1. The molecule has 2 aliphatic heterocycles. The van der Waals surface area contributed by atoms with E-state index < -0.39 is 0 Å². The van der Waals surface area contributed by atoms with Crippen LogP contribution in [0.15, 0.2) is 29.3 Å². The van der Waals surface area contributed by atoms with E-state index >= 15 is 0 Å². The minimum absolute atomic E-state index is 0.280. The molecule has 0 saturated carbocycles. The molecule has 7 heteroatoms. The van der Waals surface area contributed by atoms with Crippen LogP contribution in [-0.4, -0.2) is 48.6 Å². The summed E-state index contributed by atoms with van der Waals surface area (Å²) < 4.78 is 6.17. The topological polar surface area (TPSA) is 73.2 Å². The Morgan fingerprint density at radius 2 is 1.91 bits per heavy atom. The van der Waals surface area contributed by atoms with E-state index in [-0.39, 0.29) is 5.60 Å². The molecule has 2 atom stereocenters. The normalized spacial score (nSPS) is 21.9. The Labute approximate surface area is 202 Å². The molecular formula is C26H35N5OS. The first-order chi connectivity index (χ1) is 15.8. The molecule has 1 aromatic heterocycles. The zero-order chi connectivity index (χ0) is 23.6. The summed E-state index contributed by atoms with van der Waals surface area (Å²) in [6, 6.07) is 11.8. The van der Waals surface area contributed by atoms with Crippen LogP contribution in [0, 0.1) is 11.3 Å². The van der Waals surface area contributed by atoms with Crippen molar-refractivity contribution in [1.29, 1.82) is 5.26 Å². The lowest BCUT2D eigenvalue weighted by Crippen LogP contribution is -2.55. The Morgan fingerprint density at radius 3 is 2.55 bits per heavy atom. The van der Waals surface area contributed by atoms with Crippen LogP contribution < -0.4 is 15.5 Å². The zero-order valence-electron chi connectivity index (χ0n) is 20.4. The number of ether oxygens (including phenoxy) is 1. The fourth-order valence-electron chi connectivity index (χ4n) is 4.81. The van der Waals surface area contributed by atoms with Crippen molar-refractivity contribution >= 4 is 23.3 Å². The van der Waals surface area contributed by atoms with Crippen molar-refractivity contribution in [3.8, 4) is 6.07 Å². The lowest BCUT2D eigenvalue weighted by molar-refractivity contribution is -0.0402. The van der Waals surface area contributed by atoms with Gasteiger partial charge in [0.25, 0.3) is 0 Å². The molecule has 33 heavy (non-hydrogen) atoms. The molecule has 0 aliphatic carbocycles. The maximum Gasteiger partial charge on any atom is 0.135 e. The number of rotatable bonds is 6. The zero-order valence-corrected chi connectivity index (χ0v) is 21.2. The number of hydrogen-bond acceptors (Lipinski definition) is 7. The number of nitriles is 1. The lowest BCUT2D eigenvalue weighted by atomic mass is 9.89. The molecule has 2 aromatic rings. The second kappa shape index (κ2) is 9.92. The SMILES string of the molecule is CNc1ccc(CCSc2nc(N3CC(C)NC(C)C3)c3c(c2C#N)CC(C)(C)OC3)cc1. The van der Waals surface area contributed by atoms with Crippen molar-refractivity contribution in [2.24, 2.45) is 0 Å². The molecule has 6 nitrogen and oxygen atoms in total. The molecule has 0 amide bonds. The van der Waals surface area contributed by atoms with E-state index in [1.54, 1.807) is 11.8 Å². The molecule has 4 rings (SSSR count). The summed E-state index contributed by atoms with van der Waals surface area (Å²) in [4.78, 5) is 7.49. The van der Waals surface area contributed by atoms with E-state index in [4.69, 9.17) is 9.72 Å². The van der Waals surface area contributed by atoms with E-state index in [0.717, 1.165) is 64.9 Å². The standard InChI is InChI=1S/C26H35N5OS/c1-17-14-31(15-18(2)29-17)24-23-16-32-26(3,4)12-21(23)22(13-27)25(30-24)33-11-10-19-6-8-20(28-5)9-7-19/h6-9,17-18,28-29H,10-12,14-16H2,1-5H3. The number of aromatic nitrogens is 1. The Bertz CT molecular complexity index is 1020. The van der Waals surface area contributed by atoms with Gasteiger partial charge in [0, 0.05) is 55.6 Å². The molecule has 176 valence electrons. The van der Waals surface area contributed by atoms with Crippen molar-refractivity contribution in [3.05, 3.63) is 46.5 Å². The number of benzene rings is 1. The highest BCUT2D eigenvalue weighted by Gasteiger charge is 2.34. The van der Waals surface area contributed by atoms with Crippen molar-refractivity contribution < 1.29 is 4.74 Å². The maximum atomic E-state index is 10.1. The summed E-state index contributed by atoms with van der Waals surface area (Å²) in [6.07, 6.45) is 1.67. The predicted molar refractivity (Wildman–Crippen MR) is 136 cm³/mol. The fraction of sp³-hybridized carbons (Fsp3) is 0.538. The number of nitrogens with one attached hydrogen (secondary N) is 2. The summed E-state index contributed by atoms with van der Waals surface area (Å²) >= 11 is 1.70. The average molecular weight is 466 g/mol. The van der Waals surface area contributed by atoms with Crippen LogP contribution in [0.1, 0.15) is 49.9 Å². The highest BCUT2D eigenvalue weighted by atomic mass is 32.2. The second-order valence-electron chi connectivity index (χ2n) is 9.83. The van der Waals surface area contributed by atoms with Crippen molar-refractivity contribution in [3.63, 3.8) is 0 Å². The molecule has 2 aliphatic rings. The Balaban J connectivity index is 1.64. The van der Waals surface area contributed by atoms with Crippen LogP contribution in [0.3, 0.4) is 0 Å². The summed E-state index contributed by atoms with van der Waals surface area (Å²) in [5.74, 6) is 1.88. The van der Waals surface area contributed by atoms with Crippen LogP contribution in [-0.2, 0) is 24.2 Å². The largest absolute Gasteiger partial charge is 0.388 e. The van der Waals surface area contributed by atoms with Gasteiger partial charge in [0.05, 0.1) is 17.8 Å². The highest BCUT2D eigenvalue weighted by Crippen LogP contribution is 2.39. The molecule has 1 fully saturated rings. The number of aryl methyl sites for hydroxylation is 1. The van der Waals surface area contributed by atoms with Crippen LogP contribution >= 0.6 is 11.8 Å². The Kier molecular flexibility index (Phi) is 7.18. The van der Waals surface area contributed by atoms with Gasteiger partial charge in [-0.1, -0.05) is 12.1 Å². The molecule has 0 radical (unpaired) electrons. The second-order valence-corrected chi connectivity index (χ2v) is 10.9. The van der Waals surface area contributed by atoms with E-state index in [0.29, 0.717) is 18.7 Å². The van der Waals surface area contributed by atoms with Gasteiger partial charge in [-0.2, -0.15) is 5.26 Å². The number of nitrogens with zero attached hydrogens (tertiary/aromatic N) is 3. The third-order valence-corrected chi connectivity index (χ3v) is 7.39. The monoisotopic (exact) mass is 465 g/mol. The summed E-state index contributed by atoms with van der Waals surface area (Å²) in [6.45, 7) is 11.0. The number of thioether (sulfide) groups is 1. The third kappa shape index (κ3) is 5.46. The fourth-order valence-corrected chi connectivity index (χ4v) is 5.81. The third-order valence-electron chi connectivity index (χ3n) is 6.41. The summed E-state index contributed by atoms with van der Waals surface area (Å²) in [5, 5.41) is 17.8. The van der Waals surface area contributed by atoms with Gasteiger partial charge >= 0.3 is 0 Å². The van der Waals surface area contributed by atoms with Crippen molar-refractivity contribution in [2.75, 3.05) is 36.1 Å². The molecule has 1 saturated heterocycles. The average Bonchev–Trinajstić information content (AvgIpc) is 2.77. The molecule has 2 N–H and O–H groups in total. The molecule has 1 aromatic carbocycles. The predicted octanol–water partition coefficient (Wildman–Crippen LogP) is 4.37. The van der Waals surface area contributed by atoms with Crippen molar-refractivity contribution in [1.82, 2.24) is 10.3 Å². The number of anilines is 2. The van der Waals surface area contributed by atoms with Crippen LogP contribution in [0.2, 0.25) is 0 Å². The molecular weight excluding hydrogens is 430 g/mol. The Morgan fingerprint density at radius 1 is 1.21 bits per heavy atom. The van der Waals surface area contributed by atoms with Gasteiger partial charge in [-0.05, 0) is 57.4 Å². The summed E-state index contributed by atoms with van der Waals surface area (Å²) in [7, 11) is 1.93. The lowest BCUT2D eigenvalue weighted by Gasteiger charge is -2.40. The van der Waals surface area contributed by atoms with Gasteiger partial charge in [-0.3, -0.25) is 0 Å². The molecule has 2 unspecified atom stereocenters. The van der Waals surface area contributed by atoms with Gasteiger partial charge in [-0.25, -0.2) is 4.98 Å². The van der Waals surface area contributed by atoms with Crippen molar-refractivity contribution in [2.45, 2.75) is 69.9 Å². The number of hydrogen-bond donors (Lipinski definition) is 2. The van der Waals surface area contributed by atoms with Gasteiger partial charge in [0.2, 0.25) is 0 Å². The van der Waals surface area contributed by atoms with E-state index in [9.17, 15) is 5.26 Å². The number of pyridine rings is 1. The molecule has 3 heterocycles. The first-order valence-electron chi connectivity index (χ1n) is 11.8. The van der Waals surface area contributed by atoms with Crippen LogP contribution in [0.25, 0.3) is 0 Å². The number of piperazine rings is 1. The minimum atomic E-state index is -0.280. The van der Waals surface area contributed by atoms with E-state index in [1.165, 1.54) is 5.56 Å². The molecule has 0 spiro atoms. The smallest absolute Gasteiger partial charge is 0.135 e. The van der Waals surface area contributed by atoms with E-state index in [1.807, 2.05) is 7.05 Å². The molecule has 0 bridgehead atoms. The summed E-state index contributed by atoms with van der Waals surface area (Å²) in [5.41, 5.74) is 5.08. The van der Waals surface area contributed by atoms with Gasteiger partial charge in [-0.15, -0.1) is 11.8 Å². The van der Waals surface area contributed by atoms with Gasteiger partial charge < -0.3 is 20.3 Å². The first kappa shape index (κ1) is 23.9. The van der Waals surface area contributed by atoms with Crippen LogP contribution in [0.4, 0.5) is 11.5 Å². The highest BCUT2D eigenvalue weighted by molar-refractivity contribution is 7.99. The van der Waals surface area contributed by atoms with Crippen LogP contribution in [0.5, 0.6) is 0 Å². The first-order valence-corrected chi connectivity index (χ1v) is 12.8. The van der Waals surface area contributed by atoms with Gasteiger partial charge in [0.1, 0.15) is 16.9 Å². The minimum Gasteiger partial charge on any atom is -0.388 e. The quantitative estimate of drug-likeness (QED) is 0.614.